The first-order valence-corrected chi connectivity index (χ1v) is 4.59. The number of fused-ring (bicyclic) bond motifs is 1. The summed E-state index contributed by atoms with van der Waals surface area (Å²) >= 11 is 0. The van der Waals surface area contributed by atoms with Gasteiger partial charge in [-0.25, -0.2) is 4.52 Å². The number of anilines is 1. The van der Waals surface area contributed by atoms with Crippen molar-refractivity contribution in [2.75, 3.05) is 11.9 Å². The molecule has 0 bridgehead atoms. The van der Waals surface area contributed by atoms with E-state index in [1.165, 1.54) is 0 Å². The fourth-order valence-corrected chi connectivity index (χ4v) is 1.20. The summed E-state index contributed by atoms with van der Waals surface area (Å²) in [6, 6.07) is 5.61. The number of hydrogen-bond donors (Lipinski definition) is 2. The number of aromatic nitrogens is 3. The molecule has 2 rings (SSSR count). The van der Waals surface area contributed by atoms with Crippen molar-refractivity contribution in [1.29, 1.82) is 0 Å². The number of amides is 1. The molecule has 2 heterocycles. The number of nitrogens with zero attached hydrogens (tertiary/aromatic N) is 3. The molecule has 0 aliphatic rings. The zero-order valence-electron chi connectivity index (χ0n) is 8.05. The molecule has 6 heteroatoms. The quantitative estimate of drug-likeness (QED) is 0.736. The minimum atomic E-state index is -0.341. The zero-order valence-corrected chi connectivity index (χ0v) is 8.05. The van der Waals surface area contributed by atoms with Crippen LogP contribution in [0, 0.1) is 0 Å². The van der Waals surface area contributed by atoms with Gasteiger partial charge in [-0.1, -0.05) is 6.07 Å². The Morgan fingerprint density at radius 1 is 1.53 bits per heavy atom. The number of nitrogens with one attached hydrogen (secondary N) is 1. The van der Waals surface area contributed by atoms with E-state index in [-0.39, 0.29) is 12.3 Å². The third-order valence-corrected chi connectivity index (χ3v) is 1.90. The highest BCUT2D eigenvalue weighted by Crippen LogP contribution is 2.03. The zero-order chi connectivity index (χ0) is 10.7. The first kappa shape index (κ1) is 9.45. The molecule has 0 aromatic carbocycles. The van der Waals surface area contributed by atoms with Gasteiger partial charge >= 0.3 is 0 Å². The van der Waals surface area contributed by atoms with Crippen molar-refractivity contribution in [2.45, 2.75) is 6.42 Å². The molecule has 0 radical (unpaired) electrons. The highest BCUT2D eigenvalue weighted by atomic mass is 16.1. The average molecular weight is 205 g/mol. The molecule has 0 saturated heterocycles. The predicted molar refractivity (Wildman–Crippen MR) is 55.3 cm³/mol. The summed E-state index contributed by atoms with van der Waals surface area (Å²) in [6.45, 7) is 0.451. The summed E-state index contributed by atoms with van der Waals surface area (Å²) in [5.41, 5.74) is 5.77. The maximum Gasteiger partial charge on any atom is 0.243 e. The van der Waals surface area contributed by atoms with Crippen LogP contribution in [0.15, 0.2) is 24.4 Å². The second-order valence-corrected chi connectivity index (χ2v) is 3.08. The molecule has 1 amide bonds. The fraction of sp³-hybridized carbons (Fsp3) is 0.222. The number of primary amides is 1. The van der Waals surface area contributed by atoms with Crippen LogP contribution in [0.5, 0.6) is 0 Å². The van der Waals surface area contributed by atoms with Gasteiger partial charge in [0.15, 0.2) is 5.65 Å². The van der Waals surface area contributed by atoms with Crippen LogP contribution in [-0.4, -0.2) is 27.0 Å². The van der Waals surface area contributed by atoms with Crippen molar-refractivity contribution in [3.8, 4) is 0 Å². The van der Waals surface area contributed by atoms with Crippen molar-refractivity contribution >= 4 is 17.5 Å². The molecule has 15 heavy (non-hydrogen) atoms. The lowest BCUT2D eigenvalue weighted by molar-refractivity contribution is -0.117. The monoisotopic (exact) mass is 205 g/mol. The Morgan fingerprint density at radius 2 is 2.40 bits per heavy atom. The summed E-state index contributed by atoms with van der Waals surface area (Å²) in [5, 5.41) is 7.07. The SMILES string of the molecule is NC(=O)CCNc1nc2ccccn2n1. The molecule has 78 valence electrons. The molecule has 2 aromatic heterocycles. The van der Waals surface area contributed by atoms with Gasteiger partial charge in [0.05, 0.1) is 0 Å². The molecule has 0 saturated carbocycles. The van der Waals surface area contributed by atoms with Gasteiger partial charge < -0.3 is 11.1 Å². The van der Waals surface area contributed by atoms with Crippen LogP contribution in [-0.2, 0) is 4.79 Å². The fourth-order valence-electron chi connectivity index (χ4n) is 1.20. The van der Waals surface area contributed by atoms with E-state index in [0.717, 1.165) is 5.65 Å². The molecule has 0 fully saturated rings. The maximum absolute atomic E-state index is 10.5. The highest BCUT2D eigenvalue weighted by Gasteiger charge is 2.01. The van der Waals surface area contributed by atoms with E-state index in [9.17, 15) is 4.79 Å². The Labute approximate surface area is 86.1 Å². The largest absolute Gasteiger partial charge is 0.370 e. The van der Waals surface area contributed by atoms with Crippen LogP contribution in [0.25, 0.3) is 5.65 Å². The van der Waals surface area contributed by atoms with Crippen LogP contribution in [0.3, 0.4) is 0 Å². The van der Waals surface area contributed by atoms with E-state index in [2.05, 4.69) is 15.4 Å². The smallest absolute Gasteiger partial charge is 0.243 e. The molecule has 0 aliphatic carbocycles. The van der Waals surface area contributed by atoms with Gasteiger partial charge in [0.2, 0.25) is 11.9 Å². The normalized spacial score (nSPS) is 10.4. The third kappa shape index (κ3) is 2.22. The Kier molecular flexibility index (Phi) is 2.49. The molecular formula is C9H11N5O. The minimum Gasteiger partial charge on any atom is -0.370 e. The van der Waals surface area contributed by atoms with E-state index < -0.39 is 0 Å². The minimum absolute atomic E-state index is 0.273. The van der Waals surface area contributed by atoms with Crippen LogP contribution >= 0.6 is 0 Å². The van der Waals surface area contributed by atoms with E-state index >= 15 is 0 Å². The molecule has 0 spiro atoms. The number of hydrogen-bond acceptors (Lipinski definition) is 4. The van der Waals surface area contributed by atoms with Gasteiger partial charge in [0.25, 0.3) is 0 Å². The van der Waals surface area contributed by atoms with Gasteiger partial charge in [-0.05, 0) is 12.1 Å². The average Bonchev–Trinajstić information content (AvgIpc) is 2.59. The Balaban J connectivity index is 2.05. The number of carbonyl (C=O) groups is 1. The molecule has 0 unspecified atom stereocenters. The molecule has 2 aromatic rings. The molecule has 3 N–H and O–H groups in total. The van der Waals surface area contributed by atoms with Crippen molar-refractivity contribution < 1.29 is 4.79 Å². The number of pyridine rings is 1. The van der Waals surface area contributed by atoms with Gasteiger partial charge in [-0.15, -0.1) is 5.10 Å². The summed E-state index contributed by atoms with van der Waals surface area (Å²) in [7, 11) is 0. The van der Waals surface area contributed by atoms with Crippen molar-refractivity contribution in [3.05, 3.63) is 24.4 Å². The van der Waals surface area contributed by atoms with Crippen LogP contribution in [0.4, 0.5) is 5.95 Å². The Morgan fingerprint density at radius 3 is 3.13 bits per heavy atom. The molecular weight excluding hydrogens is 194 g/mol. The molecule has 0 aliphatic heterocycles. The van der Waals surface area contributed by atoms with Crippen LogP contribution in [0.1, 0.15) is 6.42 Å². The summed E-state index contributed by atoms with van der Waals surface area (Å²) in [4.78, 5) is 14.7. The molecule has 0 atom stereocenters. The van der Waals surface area contributed by atoms with Crippen LogP contribution in [0.2, 0.25) is 0 Å². The predicted octanol–water partition coefficient (Wildman–Crippen LogP) is 0.0166. The summed E-state index contributed by atoms with van der Waals surface area (Å²) < 4.78 is 1.66. The second kappa shape index (κ2) is 3.95. The first-order chi connectivity index (χ1) is 7.25. The number of nitrogens with two attached hydrogens (primary N) is 1. The highest BCUT2D eigenvalue weighted by molar-refractivity contribution is 5.74. The standard InChI is InChI=1S/C9H11N5O/c10-7(15)4-5-11-9-12-8-3-1-2-6-14(8)13-9/h1-3,6H,4-5H2,(H2,10,15)(H,11,13). The van der Waals surface area contributed by atoms with E-state index in [1.54, 1.807) is 4.52 Å². The molecule has 6 nitrogen and oxygen atoms in total. The first-order valence-electron chi connectivity index (χ1n) is 4.59. The summed E-state index contributed by atoms with van der Waals surface area (Å²) in [6.07, 6.45) is 2.08. The third-order valence-electron chi connectivity index (χ3n) is 1.90. The van der Waals surface area contributed by atoms with Gasteiger partial charge in [0.1, 0.15) is 0 Å². The topological polar surface area (TPSA) is 85.3 Å². The van der Waals surface area contributed by atoms with Gasteiger partial charge in [-0.2, -0.15) is 4.98 Å². The van der Waals surface area contributed by atoms with Crippen molar-refractivity contribution in [1.82, 2.24) is 14.6 Å². The lowest BCUT2D eigenvalue weighted by atomic mass is 10.4. The van der Waals surface area contributed by atoms with E-state index in [4.69, 9.17) is 5.73 Å². The van der Waals surface area contributed by atoms with E-state index in [1.807, 2.05) is 24.4 Å². The number of carbonyl (C=O) groups excluding carboxylic acids is 1. The number of rotatable bonds is 4. The van der Waals surface area contributed by atoms with Crippen molar-refractivity contribution in [2.24, 2.45) is 5.73 Å². The van der Waals surface area contributed by atoms with Crippen molar-refractivity contribution in [3.63, 3.8) is 0 Å². The van der Waals surface area contributed by atoms with Gasteiger partial charge in [-0.3, -0.25) is 4.79 Å². The maximum atomic E-state index is 10.5. The van der Waals surface area contributed by atoms with Crippen LogP contribution < -0.4 is 11.1 Å². The Bertz CT molecular complexity index is 445. The van der Waals surface area contributed by atoms with Gasteiger partial charge in [0, 0.05) is 19.2 Å². The summed E-state index contributed by atoms with van der Waals surface area (Å²) in [5.74, 6) is 0.161. The Hall–Kier alpha value is -2.11. The van der Waals surface area contributed by atoms with E-state index in [0.29, 0.717) is 12.5 Å². The lowest BCUT2D eigenvalue weighted by Crippen LogP contribution is -2.16. The second-order valence-electron chi connectivity index (χ2n) is 3.08. The lowest BCUT2D eigenvalue weighted by Gasteiger charge is -1.96.